The van der Waals surface area contributed by atoms with Crippen molar-refractivity contribution in [1.82, 2.24) is 4.90 Å². The molecule has 1 unspecified atom stereocenters. The minimum atomic E-state index is -0.00175. The maximum Gasteiger partial charge on any atom is 0.226 e. The van der Waals surface area contributed by atoms with Crippen LogP contribution in [0.15, 0.2) is 24.3 Å². The third-order valence-corrected chi connectivity index (χ3v) is 5.60. The number of piperidine rings is 1. The van der Waals surface area contributed by atoms with E-state index in [1.54, 1.807) is 0 Å². The molecule has 134 valence electrons. The summed E-state index contributed by atoms with van der Waals surface area (Å²) in [4.78, 5) is 14.6. The zero-order valence-electron chi connectivity index (χ0n) is 14.7. The summed E-state index contributed by atoms with van der Waals surface area (Å²) in [5, 5.41) is 0. The van der Waals surface area contributed by atoms with Crippen LogP contribution in [0.4, 0.5) is 0 Å². The number of halogens is 1. The summed E-state index contributed by atoms with van der Waals surface area (Å²) in [6.07, 6.45) is 3.44. The first-order chi connectivity index (χ1) is 11.0. The third kappa shape index (κ3) is 4.04. The number of ether oxygens (including phenoxy) is 1. The van der Waals surface area contributed by atoms with Crippen LogP contribution in [0.2, 0.25) is 0 Å². The number of hydrogen-bond acceptors (Lipinski definition) is 3. The standard InChI is InChI=1S/C19H28N2O2.ClH/c1-19(2,13-20)15-7-9-21(10-8-15)18(22)12-16-11-14-5-3-4-6-17(14)23-16;/h3-6,15-16H,7-13,20H2,1-2H3;1H. The van der Waals surface area contributed by atoms with Crippen LogP contribution in [0, 0.1) is 11.3 Å². The molecule has 1 aromatic carbocycles. The number of benzene rings is 1. The van der Waals surface area contributed by atoms with Crippen molar-refractivity contribution in [3.05, 3.63) is 29.8 Å². The van der Waals surface area contributed by atoms with E-state index in [9.17, 15) is 4.79 Å². The van der Waals surface area contributed by atoms with Crippen LogP contribution in [0.3, 0.4) is 0 Å². The van der Waals surface area contributed by atoms with Crippen LogP contribution < -0.4 is 10.5 Å². The van der Waals surface area contributed by atoms with E-state index < -0.39 is 0 Å². The Bertz CT molecular complexity index is 543. The van der Waals surface area contributed by atoms with Crippen molar-refractivity contribution >= 4 is 18.3 Å². The van der Waals surface area contributed by atoms with Crippen LogP contribution in [0.25, 0.3) is 0 Å². The van der Waals surface area contributed by atoms with E-state index in [0.717, 1.165) is 38.1 Å². The highest BCUT2D eigenvalue weighted by Gasteiger charge is 2.34. The summed E-state index contributed by atoms with van der Waals surface area (Å²) in [6.45, 7) is 6.89. The molecule has 2 heterocycles. The topological polar surface area (TPSA) is 55.6 Å². The first kappa shape index (κ1) is 19.1. The monoisotopic (exact) mass is 352 g/mol. The molecular weight excluding hydrogens is 324 g/mol. The van der Waals surface area contributed by atoms with Crippen LogP contribution >= 0.6 is 12.4 Å². The molecule has 1 atom stereocenters. The summed E-state index contributed by atoms with van der Waals surface area (Å²) in [7, 11) is 0. The van der Waals surface area contributed by atoms with Crippen molar-refractivity contribution < 1.29 is 9.53 Å². The van der Waals surface area contributed by atoms with Gasteiger partial charge in [-0.25, -0.2) is 0 Å². The maximum atomic E-state index is 12.6. The second kappa shape index (κ2) is 7.75. The Kier molecular flexibility index (Phi) is 6.16. The van der Waals surface area contributed by atoms with Gasteiger partial charge in [-0.05, 0) is 42.3 Å². The number of fused-ring (bicyclic) bond motifs is 1. The van der Waals surface area contributed by atoms with E-state index in [1.165, 1.54) is 5.56 Å². The number of carbonyl (C=O) groups is 1. The van der Waals surface area contributed by atoms with Gasteiger partial charge in [0.25, 0.3) is 0 Å². The summed E-state index contributed by atoms with van der Waals surface area (Å²) < 4.78 is 5.90. The van der Waals surface area contributed by atoms with E-state index in [2.05, 4.69) is 19.9 Å². The molecule has 24 heavy (non-hydrogen) atoms. The molecule has 1 aromatic rings. The lowest BCUT2D eigenvalue weighted by Gasteiger charge is -2.40. The van der Waals surface area contributed by atoms with Crippen molar-refractivity contribution in [1.29, 1.82) is 0 Å². The molecule has 0 radical (unpaired) electrons. The Morgan fingerprint density at radius 1 is 1.29 bits per heavy atom. The number of carbonyl (C=O) groups excluding carboxylic acids is 1. The van der Waals surface area contributed by atoms with E-state index in [1.807, 2.05) is 23.1 Å². The molecule has 3 rings (SSSR count). The zero-order valence-corrected chi connectivity index (χ0v) is 15.5. The van der Waals surface area contributed by atoms with Gasteiger partial charge in [-0.1, -0.05) is 32.0 Å². The number of hydrogen-bond donors (Lipinski definition) is 1. The predicted molar refractivity (Wildman–Crippen MR) is 98.6 cm³/mol. The molecule has 5 heteroatoms. The minimum absolute atomic E-state index is 0. The first-order valence-electron chi connectivity index (χ1n) is 8.72. The second-order valence-corrected chi connectivity index (χ2v) is 7.60. The van der Waals surface area contributed by atoms with Gasteiger partial charge in [-0.3, -0.25) is 4.79 Å². The Hall–Kier alpha value is -1.26. The number of nitrogens with two attached hydrogens (primary N) is 1. The van der Waals surface area contributed by atoms with Gasteiger partial charge in [0.1, 0.15) is 11.9 Å². The molecule has 4 nitrogen and oxygen atoms in total. The molecule has 0 aromatic heterocycles. The van der Waals surface area contributed by atoms with Gasteiger partial charge in [0.15, 0.2) is 0 Å². The number of rotatable bonds is 4. The summed E-state index contributed by atoms with van der Waals surface area (Å²) in [6, 6.07) is 8.07. The second-order valence-electron chi connectivity index (χ2n) is 7.60. The number of likely N-dealkylation sites (tertiary alicyclic amines) is 1. The fraction of sp³-hybridized carbons (Fsp3) is 0.632. The SMILES string of the molecule is CC(C)(CN)C1CCN(C(=O)CC2Cc3ccccc3O2)CC1.Cl. The van der Waals surface area contributed by atoms with E-state index in [-0.39, 0.29) is 29.8 Å². The Morgan fingerprint density at radius 3 is 2.58 bits per heavy atom. The van der Waals surface area contributed by atoms with Gasteiger partial charge in [-0.15, -0.1) is 12.4 Å². The quantitative estimate of drug-likeness (QED) is 0.906. The molecule has 0 bridgehead atoms. The fourth-order valence-corrected chi connectivity index (χ4v) is 3.77. The number of amides is 1. The van der Waals surface area contributed by atoms with Gasteiger partial charge in [0.2, 0.25) is 5.91 Å². The molecule has 1 amide bonds. The molecule has 0 aliphatic carbocycles. The molecule has 2 aliphatic heterocycles. The van der Waals surface area contributed by atoms with Crippen molar-refractivity contribution in [3.8, 4) is 5.75 Å². The molecule has 0 saturated carbocycles. The maximum absolute atomic E-state index is 12.6. The van der Waals surface area contributed by atoms with Crippen molar-refractivity contribution in [2.24, 2.45) is 17.1 Å². The highest BCUT2D eigenvalue weighted by molar-refractivity contribution is 5.85. The van der Waals surface area contributed by atoms with Crippen LogP contribution in [-0.2, 0) is 11.2 Å². The van der Waals surface area contributed by atoms with Crippen molar-refractivity contribution in [2.45, 2.75) is 45.6 Å². The predicted octanol–water partition coefficient (Wildman–Crippen LogP) is 3.03. The fourth-order valence-electron chi connectivity index (χ4n) is 3.77. The normalized spacial score (nSPS) is 21.0. The Balaban J connectivity index is 0.00000208. The van der Waals surface area contributed by atoms with Gasteiger partial charge in [0, 0.05) is 19.5 Å². The largest absolute Gasteiger partial charge is 0.489 e. The smallest absolute Gasteiger partial charge is 0.226 e. The highest BCUT2D eigenvalue weighted by Crippen LogP contribution is 2.35. The molecule has 0 spiro atoms. The summed E-state index contributed by atoms with van der Waals surface area (Å²) in [5.41, 5.74) is 7.27. The minimum Gasteiger partial charge on any atom is -0.489 e. The molecule has 2 aliphatic rings. The van der Waals surface area contributed by atoms with E-state index in [0.29, 0.717) is 18.9 Å². The van der Waals surface area contributed by atoms with Crippen LogP contribution in [-0.4, -0.2) is 36.5 Å². The van der Waals surface area contributed by atoms with E-state index >= 15 is 0 Å². The third-order valence-electron chi connectivity index (χ3n) is 5.60. The number of nitrogens with zero attached hydrogens (tertiary/aromatic N) is 1. The van der Waals surface area contributed by atoms with Crippen molar-refractivity contribution in [2.75, 3.05) is 19.6 Å². The van der Waals surface area contributed by atoms with E-state index in [4.69, 9.17) is 10.5 Å². The first-order valence-corrected chi connectivity index (χ1v) is 8.72. The van der Waals surface area contributed by atoms with Crippen molar-refractivity contribution in [3.63, 3.8) is 0 Å². The average Bonchev–Trinajstić information content (AvgIpc) is 2.97. The Labute approximate surface area is 151 Å². The van der Waals surface area contributed by atoms with Crippen LogP contribution in [0.1, 0.15) is 38.7 Å². The Morgan fingerprint density at radius 2 is 1.96 bits per heavy atom. The van der Waals surface area contributed by atoms with Gasteiger partial charge in [-0.2, -0.15) is 0 Å². The average molecular weight is 353 g/mol. The highest BCUT2D eigenvalue weighted by atomic mass is 35.5. The van der Waals surface area contributed by atoms with Gasteiger partial charge in [0.05, 0.1) is 6.42 Å². The zero-order chi connectivity index (χ0) is 16.4. The molecule has 2 N–H and O–H groups in total. The lowest BCUT2D eigenvalue weighted by molar-refractivity contribution is -0.134. The summed E-state index contributed by atoms with van der Waals surface area (Å²) >= 11 is 0. The van der Waals surface area contributed by atoms with Crippen LogP contribution in [0.5, 0.6) is 5.75 Å². The lowest BCUT2D eigenvalue weighted by Crippen LogP contribution is -2.44. The number of para-hydroxylation sites is 1. The molecule has 1 saturated heterocycles. The lowest BCUT2D eigenvalue weighted by atomic mass is 9.74. The molecule has 1 fully saturated rings. The molecular formula is C19H29ClN2O2. The van der Waals surface area contributed by atoms with Gasteiger partial charge >= 0.3 is 0 Å². The van der Waals surface area contributed by atoms with Gasteiger partial charge < -0.3 is 15.4 Å². The summed E-state index contributed by atoms with van der Waals surface area (Å²) in [5.74, 6) is 1.78.